The van der Waals surface area contributed by atoms with Gasteiger partial charge in [0.2, 0.25) is 0 Å². The molecule has 1 saturated heterocycles. The summed E-state index contributed by atoms with van der Waals surface area (Å²) in [4.78, 5) is 2.59. The van der Waals surface area contributed by atoms with Crippen LogP contribution in [0.1, 0.15) is 39.5 Å². The molecule has 0 aromatic carbocycles. The normalized spacial score (nSPS) is 21.3. The minimum absolute atomic E-state index is 1.22. The minimum Gasteiger partial charge on any atom is -0.299 e. The first kappa shape index (κ1) is 9.79. The molecule has 0 bridgehead atoms. The van der Waals surface area contributed by atoms with E-state index in [4.69, 9.17) is 0 Å². The second-order valence-electron chi connectivity index (χ2n) is 3.64. The van der Waals surface area contributed by atoms with Gasteiger partial charge in [-0.05, 0) is 39.3 Å². The number of hydrogen-bond acceptors (Lipinski definition) is 1. The molecule has 0 spiro atoms. The third-order valence-electron chi connectivity index (χ3n) is 2.74. The zero-order chi connectivity index (χ0) is 8.81. The number of allylic oxidation sites excluding steroid dienone is 1. The Kier molecular flexibility index (Phi) is 4.37. The Morgan fingerprint density at radius 2 is 1.92 bits per heavy atom. The van der Waals surface area contributed by atoms with Crippen LogP contribution in [0.15, 0.2) is 11.6 Å². The Morgan fingerprint density at radius 3 is 2.42 bits per heavy atom. The smallest absolute Gasteiger partial charge is 0.0192 e. The number of nitrogens with zero attached hydrogens (tertiary/aromatic N) is 1. The van der Waals surface area contributed by atoms with E-state index in [0.29, 0.717) is 0 Å². The van der Waals surface area contributed by atoms with Crippen LogP contribution in [0.2, 0.25) is 0 Å². The highest BCUT2D eigenvalue weighted by molar-refractivity contribution is 5.02. The molecule has 1 aliphatic rings. The summed E-state index contributed by atoms with van der Waals surface area (Å²) < 4.78 is 0. The summed E-state index contributed by atoms with van der Waals surface area (Å²) in [7, 11) is 0. The van der Waals surface area contributed by atoms with Crippen molar-refractivity contribution in [3.8, 4) is 0 Å². The Balaban J connectivity index is 2.28. The molecule has 12 heavy (non-hydrogen) atoms. The predicted molar refractivity (Wildman–Crippen MR) is 54.3 cm³/mol. The highest BCUT2D eigenvalue weighted by atomic mass is 15.1. The molecule has 0 saturated carbocycles. The van der Waals surface area contributed by atoms with E-state index in [0.717, 1.165) is 0 Å². The molecule has 0 aromatic rings. The van der Waals surface area contributed by atoms with E-state index in [-0.39, 0.29) is 0 Å². The van der Waals surface area contributed by atoms with Crippen molar-refractivity contribution in [2.24, 2.45) is 0 Å². The number of likely N-dealkylation sites (tertiary alicyclic amines) is 1. The molecule has 1 nitrogen and oxygen atoms in total. The quantitative estimate of drug-likeness (QED) is 0.584. The minimum atomic E-state index is 1.22. The van der Waals surface area contributed by atoms with Crippen molar-refractivity contribution >= 4 is 0 Å². The molecule has 1 heteroatoms. The van der Waals surface area contributed by atoms with Gasteiger partial charge in [-0.2, -0.15) is 0 Å². The number of hydrogen-bond donors (Lipinski definition) is 0. The summed E-state index contributed by atoms with van der Waals surface area (Å²) in [6, 6.07) is 0. The molecule has 0 atom stereocenters. The number of piperidine rings is 1. The van der Waals surface area contributed by atoms with Crippen molar-refractivity contribution in [1.29, 1.82) is 0 Å². The molecule has 1 rings (SSSR count). The molecule has 1 heterocycles. The third-order valence-corrected chi connectivity index (χ3v) is 2.74. The fourth-order valence-electron chi connectivity index (χ4n) is 1.81. The summed E-state index contributed by atoms with van der Waals surface area (Å²) in [6.45, 7) is 8.25. The lowest BCUT2D eigenvalue weighted by Crippen LogP contribution is -2.31. The summed E-state index contributed by atoms with van der Waals surface area (Å²) in [6.07, 6.45) is 7.73. The Labute approximate surface area is 76.5 Å². The second kappa shape index (κ2) is 5.36. The molecule has 0 unspecified atom stereocenters. The molecule has 0 aromatic heterocycles. The summed E-state index contributed by atoms with van der Waals surface area (Å²) in [5.41, 5.74) is 1.59. The molecule has 0 amide bonds. The molecular formula is C11H21N. The maximum absolute atomic E-state index is 2.59. The fourth-order valence-corrected chi connectivity index (χ4v) is 1.81. The van der Waals surface area contributed by atoms with Crippen molar-refractivity contribution in [2.75, 3.05) is 19.6 Å². The highest BCUT2D eigenvalue weighted by Gasteiger charge is 2.09. The average molecular weight is 167 g/mol. The van der Waals surface area contributed by atoms with Crippen LogP contribution in [-0.2, 0) is 0 Å². The van der Waals surface area contributed by atoms with E-state index in [1.807, 2.05) is 0 Å². The first-order chi connectivity index (χ1) is 5.86. The van der Waals surface area contributed by atoms with Crippen LogP contribution in [0.3, 0.4) is 0 Å². The first-order valence-corrected chi connectivity index (χ1v) is 5.23. The van der Waals surface area contributed by atoms with Gasteiger partial charge in [-0.15, -0.1) is 0 Å². The van der Waals surface area contributed by atoms with Crippen molar-refractivity contribution < 1.29 is 0 Å². The van der Waals surface area contributed by atoms with Crippen LogP contribution in [-0.4, -0.2) is 24.5 Å². The van der Waals surface area contributed by atoms with Gasteiger partial charge < -0.3 is 0 Å². The summed E-state index contributed by atoms with van der Waals surface area (Å²) in [5, 5.41) is 0. The monoisotopic (exact) mass is 167 g/mol. The molecule has 1 fully saturated rings. The van der Waals surface area contributed by atoms with E-state index in [1.54, 1.807) is 5.57 Å². The lowest BCUT2D eigenvalue weighted by Gasteiger charge is -2.27. The second-order valence-corrected chi connectivity index (χ2v) is 3.64. The van der Waals surface area contributed by atoms with Gasteiger partial charge >= 0.3 is 0 Å². The van der Waals surface area contributed by atoms with Crippen LogP contribution >= 0.6 is 0 Å². The summed E-state index contributed by atoms with van der Waals surface area (Å²) in [5.74, 6) is 0. The van der Waals surface area contributed by atoms with Crippen LogP contribution < -0.4 is 0 Å². The van der Waals surface area contributed by atoms with E-state index in [2.05, 4.69) is 24.8 Å². The Hall–Kier alpha value is -0.300. The van der Waals surface area contributed by atoms with E-state index in [1.165, 1.54) is 45.3 Å². The first-order valence-electron chi connectivity index (χ1n) is 5.23. The molecule has 1 aliphatic heterocycles. The molecule has 0 radical (unpaired) electrons. The van der Waals surface area contributed by atoms with Crippen LogP contribution in [0.25, 0.3) is 0 Å². The van der Waals surface area contributed by atoms with Gasteiger partial charge in [0.1, 0.15) is 0 Å². The van der Waals surface area contributed by atoms with Crippen LogP contribution in [0, 0.1) is 0 Å². The van der Waals surface area contributed by atoms with Gasteiger partial charge in [0, 0.05) is 6.54 Å². The Bertz CT molecular complexity index is 143. The van der Waals surface area contributed by atoms with E-state index < -0.39 is 0 Å². The van der Waals surface area contributed by atoms with Gasteiger partial charge in [0.15, 0.2) is 0 Å². The zero-order valence-electron chi connectivity index (χ0n) is 8.47. The molecule has 70 valence electrons. The lowest BCUT2D eigenvalue weighted by atomic mass is 10.1. The molecule has 0 N–H and O–H groups in total. The van der Waals surface area contributed by atoms with Crippen LogP contribution in [0.4, 0.5) is 0 Å². The van der Waals surface area contributed by atoms with Crippen molar-refractivity contribution in [3.63, 3.8) is 0 Å². The van der Waals surface area contributed by atoms with Crippen molar-refractivity contribution in [3.05, 3.63) is 11.6 Å². The van der Waals surface area contributed by atoms with Gasteiger partial charge in [-0.25, -0.2) is 0 Å². The fraction of sp³-hybridized carbons (Fsp3) is 0.818. The molecule has 0 aliphatic carbocycles. The topological polar surface area (TPSA) is 3.24 Å². The maximum atomic E-state index is 2.59. The van der Waals surface area contributed by atoms with Gasteiger partial charge in [-0.1, -0.05) is 25.0 Å². The van der Waals surface area contributed by atoms with Crippen molar-refractivity contribution in [2.45, 2.75) is 39.5 Å². The SMILES string of the molecule is C/C=C(\CC)CN1CCCCC1. The van der Waals surface area contributed by atoms with E-state index in [9.17, 15) is 0 Å². The van der Waals surface area contributed by atoms with Gasteiger partial charge in [-0.3, -0.25) is 4.90 Å². The predicted octanol–water partition coefficient (Wildman–Crippen LogP) is 2.83. The average Bonchev–Trinajstić information content (AvgIpc) is 2.16. The van der Waals surface area contributed by atoms with Gasteiger partial charge in [0.05, 0.1) is 0 Å². The largest absolute Gasteiger partial charge is 0.299 e. The number of rotatable bonds is 3. The third kappa shape index (κ3) is 2.98. The maximum Gasteiger partial charge on any atom is 0.0192 e. The van der Waals surface area contributed by atoms with Crippen LogP contribution in [0.5, 0.6) is 0 Å². The standard InChI is InChI=1S/C11H21N/c1-3-11(4-2)10-12-8-6-5-7-9-12/h3H,4-10H2,1-2H3/b11-3+. The summed E-state index contributed by atoms with van der Waals surface area (Å²) >= 11 is 0. The zero-order valence-corrected chi connectivity index (χ0v) is 8.47. The highest BCUT2D eigenvalue weighted by Crippen LogP contribution is 2.11. The Morgan fingerprint density at radius 1 is 1.25 bits per heavy atom. The lowest BCUT2D eigenvalue weighted by molar-refractivity contribution is 0.245. The van der Waals surface area contributed by atoms with Crippen molar-refractivity contribution in [1.82, 2.24) is 4.90 Å². The van der Waals surface area contributed by atoms with Gasteiger partial charge in [0.25, 0.3) is 0 Å². The molecular weight excluding hydrogens is 146 g/mol. The van der Waals surface area contributed by atoms with E-state index >= 15 is 0 Å².